The molecule has 1 aromatic carbocycles. The minimum atomic E-state index is 0.112. The third-order valence-corrected chi connectivity index (χ3v) is 5.02. The molecule has 1 atom stereocenters. The van der Waals surface area contributed by atoms with Crippen molar-refractivity contribution in [1.82, 2.24) is 9.88 Å². The van der Waals surface area contributed by atoms with Crippen LogP contribution in [0.15, 0.2) is 48.8 Å². The topological polar surface area (TPSA) is 33.2 Å². The van der Waals surface area contributed by atoms with Gasteiger partial charge in [-0.15, -0.1) is 11.8 Å². The molecular formula is C17H18N2OS. The van der Waals surface area contributed by atoms with E-state index in [0.717, 1.165) is 11.3 Å². The van der Waals surface area contributed by atoms with Crippen LogP contribution in [-0.4, -0.2) is 21.5 Å². The first-order valence-electron chi connectivity index (χ1n) is 7.11. The molecule has 0 N–H and O–H groups in total. The second kappa shape index (κ2) is 6.31. The number of nitrogens with zero attached hydrogens (tertiary/aromatic N) is 2. The molecule has 108 valence electrons. The minimum absolute atomic E-state index is 0.112. The fourth-order valence-electron chi connectivity index (χ4n) is 2.60. The molecule has 2 aromatic rings. The molecule has 1 saturated heterocycles. The summed E-state index contributed by atoms with van der Waals surface area (Å²) in [5.41, 5.74) is 3.61. The van der Waals surface area contributed by atoms with Gasteiger partial charge in [0.05, 0.1) is 0 Å². The van der Waals surface area contributed by atoms with Crippen molar-refractivity contribution in [2.75, 3.05) is 5.75 Å². The first-order valence-corrected chi connectivity index (χ1v) is 8.16. The molecule has 2 heterocycles. The molecule has 3 rings (SSSR count). The van der Waals surface area contributed by atoms with Crippen LogP contribution in [0.25, 0.3) is 0 Å². The second-order valence-corrected chi connectivity index (χ2v) is 6.39. The van der Waals surface area contributed by atoms with E-state index in [9.17, 15) is 4.79 Å². The standard InChI is InChI=1S/C17H18N2OS/c1-13-4-2-3-5-15(13)17-19(16(20)8-11-21-17)12-14-6-9-18-10-7-14/h2-7,9-10,17H,8,11-12H2,1H3. The Morgan fingerprint density at radius 3 is 2.76 bits per heavy atom. The van der Waals surface area contributed by atoms with Crippen LogP contribution < -0.4 is 0 Å². The zero-order valence-electron chi connectivity index (χ0n) is 12.0. The average Bonchev–Trinajstić information content (AvgIpc) is 2.51. The number of aromatic nitrogens is 1. The normalized spacial score (nSPS) is 18.8. The van der Waals surface area contributed by atoms with Crippen molar-refractivity contribution in [3.8, 4) is 0 Å². The summed E-state index contributed by atoms with van der Waals surface area (Å²) in [5, 5.41) is 0.112. The van der Waals surface area contributed by atoms with Gasteiger partial charge in [0.2, 0.25) is 5.91 Å². The number of benzene rings is 1. The van der Waals surface area contributed by atoms with Crippen molar-refractivity contribution in [3.63, 3.8) is 0 Å². The maximum Gasteiger partial charge on any atom is 0.224 e. The number of pyridine rings is 1. The van der Waals surface area contributed by atoms with Gasteiger partial charge in [-0.1, -0.05) is 24.3 Å². The van der Waals surface area contributed by atoms with E-state index in [1.807, 2.05) is 40.9 Å². The summed E-state index contributed by atoms with van der Waals surface area (Å²) in [7, 11) is 0. The summed E-state index contributed by atoms with van der Waals surface area (Å²) in [4.78, 5) is 18.4. The van der Waals surface area contributed by atoms with Crippen LogP contribution in [0.1, 0.15) is 28.5 Å². The monoisotopic (exact) mass is 298 g/mol. The fraction of sp³-hybridized carbons (Fsp3) is 0.294. The predicted molar refractivity (Wildman–Crippen MR) is 85.8 cm³/mol. The van der Waals surface area contributed by atoms with Gasteiger partial charge in [0.1, 0.15) is 5.37 Å². The number of thioether (sulfide) groups is 1. The summed E-state index contributed by atoms with van der Waals surface area (Å²) >= 11 is 1.85. The number of amides is 1. The van der Waals surface area contributed by atoms with Crippen LogP contribution >= 0.6 is 11.8 Å². The van der Waals surface area contributed by atoms with Gasteiger partial charge in [0, 0.05) is 31.1 Å². The summed E-state index contributed by atoms with van der Waals surface area (Å²) in [6.07, 6.45) is 4.18. The Hall–Kier alpha value is -1.81. The Bertz CT molecular complexity index is 630. The highest BCUT2D eigenvalue weighted by molar-refractivity contribution is 7.99. The largest absolute Gasteiger partial charge is 0.322 e. The van der Waals surface area contributed by atoms with Crippen molar-refractivity contribution < 1.29 is 4.79 Å². The number of hydrogen-bond donors (Lipinski definition) is 0. The predicted octanol–water partition coefficient (Wildman–Crippen LogP) is 3.55. The lowest BCUT2D eigenvalue weighted by Gasteiger charge is -2.36. The van der Waals surface area contributed by atoms with Crippen LogP contribution in [-0.2, 0) is 11.3 Å². The molecule has 0 radical (unpaired) electrons. The van der Waals surface area contributed by atoms with Crippen LogP contribution in [0.4, 0.5) is 0 Å². The maximum atomic E-state index is 12.4. The van der Waals surface area contributed by atoms with Crippen molar-refractivity contribution in [2.45, 2.75) is 25.3 Å². The first-order chi connectivity index (χ1) is 10.3. The molecule has 1 unspecified atom stereocenters. The number of carbonyl (C=O) groups excluding carboxylic acids is 1. The van der Waals surface area contributed by atoms with Gasteiger partial charge in [-0.25, -0.2) is 0 Å². The van der Waals surface area contributed by atoms with Crippen molar-refractivity contribution >= 4 is 17.7 Å². The van der Waals surface area contributed by atoms with Gasteiger partial charge < -0.3 is 4.90 Å². The SMILES string of the molecule is Cc1ccccc1C1SCCC(=O)N1Cc1ccncc1. The zero-order chi connectivity index (χ0) is 14.7. The lowest BCUT2D eigenvalue weighted by Crippen LogP contribution is -2.37. The van der Waals surface area contributed by atoms with Gasteiger partial charge >= 0.3 is 0 Å². The number of aryl methyl sites for hydroxylation is 1. The fourth-order valence-corrected chi connectivity index (χ4v) is 3.93. The Labute approximate surface area is 129 Å². The molecule has 0 aliphatic carbocycles. The van der Waals surface area contributed by atoms with E-state index in [-0.39, 0.29) is 11.3 Å². The van der Waals surface area contributed by atoms with Crippen molar-refractivity contribution in [1.29, 1.82) is 0 Å². The third kappa shape index (κ3) is 3.10. The van der Waals surface area contributed by atoms with Crippen LogP contribution in [0.2, 0.25) is 0 Å². The summed E-state index contributed by atoms with van der Waals surface area (Å²) in [6.45, 7) is 2.76. The van der Waals surface area contributed by atoms with Gasteiger partial charge in [-0.2, -0.15) is 0 Å². The Kier molecular flexibility index (Phi) is 4.25. The lowest BCUT2D eigenvalue weighted by atomic mass is 10.1. The molecule has 4 heteroatoms. The molecule has 1 fully saturated rings. The lowest BCUT2D eigenvalue weighted by molar-refractivity contribution is -0.132. The molecule has 1 aliphatic rings. The Morgan fingerprint density at radius 2 is 2.00 bits per heavy atom. The Balaban J connectivity index is 1.90. The molecule has 1 aliphatic heterocycles. The van der Waals surface area contributed by atoms with Gasteiger partial charge in [0.15, 0.2) is 0 Å². The van der Waals surface area contributed by atoms with Crippen molar-refractivity contribution in [3.05, 3.63) is 65.5 Å². The van der Waals surface area contributed by atoms with Gasteiger partial charge in [0.25, 0.3) is 0 Å². The average molecular weight is 298 g/mol. The molecular weight excluding hydrogens is 280 g/mol. The number of carbonyl (C=O) groups is 1. The van der Waals surface area contributed by atoms with Crippen LogP contribution in [0.3, 0.4) is 0 Å². The molecule has 1 aromatic heterocycles. The second-order valence-electron chi connectivity index (χ2n) is 5.21. The third-order valence-electron chi connectivity index (χ3n) is 3.75. The zero-order valence-corrected chi connectivity index (χ0v) is 12.8. The number of rotatable bonds is 3. The first kappa shape index (κ1) is 14.1. The molecule has 0 spiro atoms. The molecule has 3 nitrogen and oxygen atoms in total. The highest BCUT2D eigenvalue weighted by Gasteiger charge is 2.30. The molecule has 0 bridgehead atoms. The highest BCUT2D eigenvalue weighted by Crippen LogP contribution is 2.39. The summed E-state index contributed by atoms with van der Waals surface area (Å²) in [6, 6.07) is 12.3. The van der Waals surface area contributed by atoms with E-state index < -0.39 is 0 Å². The summed E-state index contributed by atoms with van der Waals surface area (Å²) in [5.74, 6) is 1.13. The molecule has 21 heavy (non-hydrogen) atoms. The van der Waals surface area contributed by atoms with E-state index in [0.29, 0.717) is 13.0 Å². The van der Waals surface area contributed by atoms with E-state index in [1.165, 1.54) is 11.1 Å². The van der Waals surface area contributed by atoms with Crippen LogP contribution in [0.5, 0.6) is 0 Å². The maximum absolute atomic E-state index is 12.4. The van der Waals surface area contributed by atoms with Gasteiger partial charge in [-0.3, -0.25) is 9.78 Å². The summed E-state index contributed by atoms with van der Waals surface area (Å²) < 4.78 is 0. The van der Waals surface area contributed by atoms with E-state index in [1.54, 1.807) is 12.4 Å². The molecule has 1 amide bonds. The number of hydrogen-bond acceptors (Lipinski definition) is 3. The van der Waals surface area contributed by atoms with Gasteiger partial charge in [-0.05, 0) is 35.7 Å². The van der Waals surface area contributed by atoms with E-state index in [4.69, 9.17) is 0 Å². The minimum Gasteiger partial charge on any atom is -0.322 e. The smallest absolute Gasteiger partial charge is 0.224 e. The quantitative estimate of drug-likeness (QED) is 0.869. The van der Waals surface area contributed by atoms with E-state index in [2.05, 4.69) is 24.0 Å². The van der Waals surface area contributed by atoms with Crippen molar-refractivity contribution in [2.24, 2.45) is 0 Å². The Morgan fingerprint density at radius 1 is 1.24 bits per heavy atom. The van der Waals surface area contributed by atoms with Crippen LogP contribution in [0, 0.1) is 6.92 Å². The molecule has 0 saturated carbocycles. The highest BCUT2D eigenvalue weighted by atomic mass is 32.2. The van der Waals surface area contributed by atoms with E-state index >= 15 is 0 Å².